The van der Waals surface area contributed by atoms with Crippen molar-refractivity contribution in [3.63, 3.8) is 0 Å². The fourth-order valence-electron chi connectivity index (χ4n) is 2.62. The Hall–Kier alpha value is -2.50. The predicted octanol–water partition coefficient (Wildman–Crippen LogP) is 4.16. The standard InChI is InChI=1S/C22H27F3N4O2.HI/c1-4-26-21(28-15-16-8-10-17(11-9-16)20(30)29(2)3)27-12-13-31-19-7-5-6-18(14-19)22(23,24)25;/h5-11,14H,4,12-13,15H2,1-3H3,(H2,26,27,28);1H. The highest BCUT2D eigenvalue weighted by atomic mass is 127. The van der Waals surface area contributed by atoms with Crippen molar-refractivity contribution in [2.24, 2.45) is 4.99 Å². The third-order valence-electron chi connectivity index (χ3n) is 4.20. The highest BCUT2D eigenvalue weighted by Gasteiger charge is 2.30. The van der Waals surface area contributed by atoms with Crippen molar-refractivity contribution in [3.8, 4) is 5.75 Å². The molecule has 2 aromatic rings. The minimum absolute atomic E-state index is 0. The van der Waals surface area contributed by atoms with Gasteiger partial charge < -0.3 is 20.3 Å². The van der Waals surface area contributed by atoms with Gasteiger partial charge in [0, 0.05) is 26.2 Å². The van der Waals surface area contributed by atoms with Crippen molar-refractivity contribution in [2.45, 2.75) is 19.6 Å². The fourth-order valence-corrected chi connectivity index (χ4v) is 2.62. The number of hydrogen-bond acceptors (Lipinski definition) is 3. The first-order valence-electron chi connectivity index (χ1n) is 9.83. The molecule has 10 heteroatoms. The highest BCUT2D eigenvalue weighted by molar-refractivity contribution is 14.0. The summed E-state index contributed by atoms with van der Waals surface area (Å²) < 4.78 is 43.7. The Balaban J connectivity index is 0.00000512. The Labute approximate surface area is 203 Å². The van der Waals surface area contributed by atoms with E-state index in [0.29, 0.717) is 31.2 Å². The van der Waals surface area contributed by atoms with E-state index in [1.54, 1.807) is 26.2 Å². The number of hydrogen-bond donors (Lipinski definition) is 2. The fraction of sp³-hybridized carbons (Fsp3) is 0.364. The molecule has 0 unspecified atom stereocenters. The van der Waals surface area contributed by atoms with Crippen LogP contribution in [0.2, 0.25) is 0 Å². The predicted molar refractivity (Wildman–Crippen MR) is 130 cm³/mol. The number of nitrogens with zero attached hydrogens (tertiary/aromatic N) is 2. The van der Waals surface area contributed by atoms with Gasteiger partial charge in [-0.3, -0.25) is 4.79 Å². The molecule has 0 spiro atoms. The number of amides is 1. The number of rotatable bonds is 8. The third kappa shape index (κ3) is 8.93. The van der Waals surface area contributed by atoms with E-state index in [1.165, 1.54) is 17.0 Å². The number of nitrogens with one attached hydrogen (secondary N) is 2. The maximum absolute atomic E-state index is 12.8. The summed E-state index contributed by atoms with van der Waals surface area (Å²) >= 11 is 0. The quantitative estimate of drug-likeness (QED) is 0.219. The zero-order valence-corrected chi connectivity index (χ0v) is 20.5. The smallest absolute Gasteiger partial charge is 0.416 e. The summed E-state index contributed by atoms with van der Waals surface area (Å²) in [7, 11) is 3.40. The van der Waals surface area contributed by atoms with Crippen LogP contribution >= 0.6 is 24.0 Å². The lowest BCUT2D eigenvalue weighted by atomic mass is 10.1. The number of halogens is 4. The van der Waals surface area contributed by atoms with Gasteiger partial charge in [-0.25, -0.2) is 4.99 Å². The van der Waals surface area contributed by atoms with Crippen LogP contribution in [0, 0.1) is 0 Å². The van der Waals surface area contributed by atoms with Gasteiger partial charge in [0.1, 0.15) is 12.4 Å². The van der Waals surface area contributed by atoms with Crippen molar-refractivity contribution >= 4 is 35.8 Å². The monoisotopic (exact) mass is 564 g/mol. The number of ether oxygens (including phenoxy) is 1. The number of benzene rings is 2. The number of guanidine groups is 1. The molecule has 32 heavy (non-hydrogen) atoms. The minimum atomic E-state index is -4.40. The molecule has 0 atom stereocenters. The highest BCUT2D eigenvalue weighted by Crippen LogP contribution is 2.31. The van der Waals surface area contributed by atoms with Crippen molar-refractivity contribution < 1.29 is 22.7 Å². The van der Waals surface area contributed by atoms with Gasteiger partial charge in [0.05, 0.1) is 18.7 Å². The minimum Gasteiger partial charge on any atom is -0.492 e. The molecular weight excluding hydrogens is 536 g/mol. The van der Waals surface area contributed by atoms with Crippen LogP contribution in [0.1, 0.15) is 28.4 Å². The van der Waals surface area contributed by atoms with E-state index in [9.17, 15) is 18.0 Å². The van der Waals surface area contributed by atoms with Gasteiger partial charge in [-0.15, -0.1) is 24.0 Å². The second kappa shape index (κ2) is 13.1. The molecule has 2 N–H and O–H groups in total. The van der Waals surface area contributed by atoms with Crippen molar-refractivity contribution in [2.75, 3.05) is 33.8 Å². The first kappa shape index (κ1) is 27.5. The van der Waals surface area contributed by atoms with E-state index in [4.69, 9.17) is 4.74 Å². The molecule has 176 valence electrons. The zero-order valence-electron chi connectivity index (χ0n) is 18.2. The Kier molecular flexibility index (Phi) is 11.3. The summed E-state index contributed by atoms with van der Waals surface area (Å²) in [5.74, 6) is 0.653. The molecule has 0 radical (unpaired) electrons. The maximum atomic E-state index is 12.8. The topological polar surface area (TPSA) is 66.0 Å². The summed E-state index contributed by atoms with van der Waals surface area (Å²) in [6.07, 6.45) is -4.40. The largest absolute Gasteiger partial charge is 0.492 e. The van der Waals surface area contributed by atoms with Crippen LogP contribution in [0.15, 0.2) is 53.5 Å². The molecule has 0 aliphatic rings. The normalized spacial score (nSPS) is 11.4. The molecule has 0 aliphatic carbocycles. The lowest BCUT2D eigenvalue weighted by Crippen LogP contribution is -2.39. The molecule has 1 amide bonds. The third-order valence-corrected chi connectivity index (χ3v) is 4.20. The summed E-state index contributed by atoms with van der Waals surface area (Å²) in [4.78, 5) is 17.9. The van der Waals surface area contributed by atoms with Crippen molar-refractivity contribution in [1.29, 1.82) is 0 Å². The molecule has 2 aromatic carbocycles. The van der Waals surface area contributed by atoms with Gasteiger partial charge in [0.15, 0.2) is 5.96 Å². The molecule has 0 aromatic heterocycles. The van der Waals surface area contributed by atoms with Crippen LogP contribution < -0.4 is 15.4 Å². The number of alkyl halides is 3. The molecule has 6 nitrogen and oxygen atoms in total. The van der Waals surface area contributed by atoms with Gasteiger partial charge in [0.2, 0.25) is 0 Å². The van der Waals surface area contributed by atoms with E-state index in [0.717, 1.165) is 17.7 Å². The average Bonchev–Trinajstić information content (AvgIpc) is 2.74. The Morgan fingerprint density at radius 1 is 1.09 bits per heavy atom. The summed E-state index contributed by atoms with van der Waals surface area (Å²) in [6, 6.07) is 12.0. The number of aliphatic imine (C=N–C) groups is 1. The van der Waals surface area contributed by atoms with Crippen LogP contribution in [-0.2, 0) is 12.7 Å². The number of carbonyl (C=O) groups excluding carboxylic acids is 1. The second-order valence-corrected chi connectivity index (χ2v) is 6.89. The van der Waals surface area contributed by atoms with Crippen LogP contribution in [0.3, 0.4) is 0 Å². The Morgan fingerprint density at radius 2 is 1.78 bits per heavy atom. The molecule has 0 saturated carbocycles. The molecule has 0 fully saturated rings. The second-order valence-electron chi connectivity index (χ2n) is 6.89. The summed E-state index contributed by atoms with van der Waals surface area (Å²) in [5.41, 5.74) is 0.799. The molecule has 0 heterocycles. The maximum Gasteiger partial charge on any atom is 0.416 e. The molecular formula is C22H28F3IN4O2. The molecule has 0 saturated heterocycles. The number of carbonyl (C=O) groups is 1. The molecule has 0 bridgehead atoms. The summed E-state index contributed by atoms with van der Waals surface area (Å²) in [5, 5.41) is 6.18. The van der Waals surface area contributed by atoms with Crippen LogP contribution in [-0.4, -0.2) is 50.6 Å². The van der Waals surface area contributed by atoms with E-state index in [-0.39, 0.29) is 42.2 Å². The Bertz CT molecular complexity index is 887. The van der Waals surface area contributed by atoms with E-state index in [1.807, 2.05) is 19.1 Å². The average molecular weight is 564 g/mol. The molecule has 0 aliphatic heterocycles. The van der Waals surface area contributed by atoms with Crippen LogP contribution in [0.4, 0.5) is 13.2 Å². The van der Waals surface area contributed by atoms with Gasteiger partial charge in [0.25, 0.3) is 5.91 Å². The van der Waals surface area contributed by atoms with Crippen LogP contribution in [0.5, 0.6) is 5.75 Å². The summed E-state index contributed by atoms with van der Waals surface area (Å²) in [6.45, 7) is 3.51. The van der Waals surface area contributed by atoms with Gasteiger partial charge in [-0.2, -0.15) is 13.2 Å². The van der Waals surface area contributed by atoms with Gasteiger partial charge >= 0.3 is 6.18 Å². The lowest BCUT2D eigenvalue weighted by molar-refractivity contribution is -0.137. The Morgan fingerprint density at radius 3 is 2.38 bits per heavy atom. The SMILES string of the molecule is CCNC(=NCc1ccc(C(=O)N(C)C)cc1)NCCOc1cccc(C(F)(F)F)c1.I. The first-order chi connectivity index (χ1) is 14.7. The van der Waals surface area contributed by atoms with Crippen LogP contribution in [0.25, 0.3) is 0 Å². The zero-order chi connectivity index (χ0) is 22.9. The van der Waals surface area contributed by atoms with Gasteiger partial charge in [-0.05, 0) is 42.8 Å². The molecule has 2 rings (SSSR count). The first-order valence-corrected chi connectivity index (χ1v) is 9.83. The van der Waals surface area contributed by atoms with Crippen molar-refractivity contribution in [1.82, 2.24) is 15.5 Å². The van der Waals surface area contributed by atoms with E-state index >= 15 is 0 Å². The van der Waals surface area contributed by atoms with E-state index in [2.05, 4.69) is 15.6 Å². The van der Waals surface area contributed by atoms with Crippen molar-refractivity contribution in [3.05, 3.63) is 65.2 Å². The van der Waals surface area contributed by atoms with Gasteiger partial charge in [-0.1, -0.05) is 18.2 Å². The van der Waals surface area contributed by atoms with E-state index < -0.39 is 11.7 Å². The lowest BCUT2D eigenvalue weighted by Gasteiger charge is -2.13.